The van der Waals surface area contributed by atoms with Crippen molar-refractivity contribution in [2.24, 2.45) is 5.92 Å². The summed E-state index contributed by atoms with van der Waals surface area (Å²) in [5, 5.41) is 8.51. The highest BCUT2D eigenvalue weighted by Crippen LogP contribution is 2.24. The lowest BCUT2D eigenvalue weighted by molar-refractivity contribution is -0.127. The van der Waals surface area contributed by atoms with Gasteiger partial charge in [0, 0.05) is 12.0 Å². The quantitative estimate of drug-likeness (QED) is 0.572. The van der Waals surface area contributed by atoms with E-state index in [1.165, 1.54) is 0 Å². The van der Waals surface area contributed by atoms with Gasteiger partial charge in [-0.2, -0.15) is 13.2 Å². The molecule has 0 aliphatic rings. The van der Waals surface area contributed by atoms with Gasteiger partial charge in [-0.25, -0.2) is 0 Å². The van der Waals surface area contributed by atoms with E-state index in [1.807, 2.05) is 0 Å². The Morgan fingerprint density at radius 2 is 1.79 bits per heavy atom. The Morgan fingerprint density at radius 1 is 1.36 bits per heavy atom. The van der Waals surface area contributed by atoms with Gasteiger partial charge in [0.1, 0.15) is 0 Å². The molecule has 14 heavy (non-hydrogen) atoms. The number of ketones is 1. The summed E-state index contributed by atoms with van der Waals surface area (Å²) in [4.78, 5) is 11.1. The molecular weight excluding hydrogens is 197 g/mol. The van der Waals surface area contributed by atoms with Crippen molar-refractivity contribution >= 4 is 5.78 Å². The lowest BCUT2D eigenvalue weighted by Crippen LogP contribution is -2.16. The molecule has 0 aromatic carbocycles. The highest BCUT2D eigenvalue weighted by molar-refractivity contribution is 5.92. The van der Waals surface area contributed by atoms with E-state index in [1.54, 1.807) is 13.8 Å². The van der Waals surface area contributed by atoms with Crippen LogP contribution in [0, 0.1) is 5.92 Å². The molecule has 0 aromatic rings. The van der Waals surface area contributed by atoms with E-state index in [0.717, 1.165) is 0 Å². The molecule has 0 radical (unpaired) electrons. The fraction of sp³-hybridized carbons (Fsp3) is 0.667. The zero-order valence-corrected chi connectivity index (χ0v) is 8.06. The van der Waals surface area contributed by atoms with Crippen LogP contribution >= 0.6 is 0 Å². The molecule has 2 nitrogen and oxygen atoms in total. The van der Waals surface area contributed by atoms with Gasteiger partial charge in [0.25, 0.3) is 0 Å². The minimum Gasteiger partial charge on any atom is -0.504 e. The van der Waals surface area contributed by atoms with Crippen LogP contribution in [-0.2, 0) is 4.79 Å². The number of halogens is 3. The van der Waals surface area contributed by atoms with Crippen LogP contribution in [0.1, 0.15) is 26.7 Å². The molecule has 0 aliphatic heterocycles. The molecule has 0 spiro atoms. The third-order valence-electron chi connectivity index (χ3n) is 1.96. The van der Waals surface area contributed by atoms with Crippen molar-refractivity contribution in [1.29, 1.82) is 0 Å². The van der Waals surface area contributed by atoms with Crippen molar-refractivity contribution in [2.45, 2.75) is 32.9 Å². The van der Waals surface area contributed by atoms with Crippen molar-refractivity contribution in [3.05, 3.63) is 11.8 Å². The van der Waals surface area contributed by atoms with Crippen molar-refractivity contribution in [3.8, 4) is 0 Å². The number of carbonyl (C=O) groups is 1. The molecular formula is C9H13F3O2. The first-order valence-corrected chi connectivity index (χ1v) is 4.34. The third kappa shape index (κ3) is 3.81. The maximum absolute atomic E-state index is 11.8. The first-order valence-electron chi connectivity index (χ1n) is 4.34. The zero-order chi connectivity index (χ0) is 11.4. The number of aliphatic hydroxyl groups excluding tert-OH is 1. The number of hydrogen-bond donors (Lipinski definition) is 1. The van der Waals surface area contributed by atoms with Gasteiger partial charge in [-0.1, -0.05) is 13.8 Å². The maximum Gasteiger partial charge on any atom is 0.448 e. The lowest BCUT2D eigenvalue weighted by Gasteiger charge is -2.09. The molecule has 0 saturated heterocycles. The summed E-state index contributed by atoms with van der Waals surface area (Å²) >= 11 is 0. The minimum absolute atomic E-state index is 0.262. The molecule has 5 heteroatoms. The molecule has 0 saturated carbocycles. The molecule has 0 aliphatic carbocycles. The van der Waals surface area contributed by atoms with Crippen LogP contribution in [-0.4, -0.2) is 17.1 Å². The van der Waals surface area contributed by atoms with Gasteiger partial charge in [0.2, 0.25) is 5.76 Å². The standard InChI is InChI=1S/C9H13F3O2/c1-3-6(4-2)7(13)5-8(14)9(10,11)12/h5-6,14H,3-4H2,1-2H3. The predicted octanol–water partition coefficient (Wildman–Crippen LogP) is 3.00. The Balaban J connectivity index is 4.58. The van der Waals surface area contributed by atoms with Crippen LogP contribution in [0.2, 0.25) is 0 Å². The topological polar surface area (TPSA) is 37.3 Å². The molecule has 0 aromatic heterocycles. The molecule has 0 heterocycles. The number of hydrogen-bond acceptors (Lipinski definition) is 2. The highest BCUT2D eigenvalue weighted by Gasteiger charge is 2.34. The highest BCUT2D eigenvalue weighted by atomic mass is 19.4. The number of carbonyl (C=O) groups excluding carboxylic acids is 1. The fourth-order valence-electron chi connectivity index (χ4n) is 1.03. The molecule has 0 atom stereocenters. The van der Waals surface area contributed by atoms with E-state index >= 15 is 0 Å². The Bertz CT molecular complexity index is 227. The van der Waals surface area contributed by atoms with Crippen LogP contribution in [0.25, 0.3) is 0 Å². The van der Waals surface area contributed by atoms with Gasteiger partial charge in [0.15, 0.2) is 5.78 Å². The molecule has 0 bridgehead atoms. The Hall–Kier alpha value is -1.00. The summed E-state index contributed by atoms with van der Waals surface area (Å²) in [6, 6.07) is 0. The van der Waals surface area contributed by atoms with Crippen molar-refractivity contribution in [3.63, 3.8) is 0 Å². The second-order valence-electron chi connectivity index (χ2n) is 2.94. The number of aliphatic hydroxyl groups is 1. The van der Waals surface area contributed by atoms with Gasteiger partial charge in [-0.15, -0.1) is 0 Å². The van der Waals surface area contributed by atoms with Crippen LogP contribution in [0.3, 0.4) is 0 Å². The SMILES string of the molecule is CCC(CC)C(=O)C=C(O)C(F)(F)F. The minimum atomic E-state index is -4.83. The van der Waals surface area contributed by atoms with Crippen LogP contribution < -0.4 is 0 Å². The summed E-state index contributed by atoms with van der Waals surface area (Å²) in [6.45, 7) is 3.43. The van der Waals surface area contributed by atoms with E-state index < -0.39 is 23.6 Å². The Morgan fingerprint density at radius 3 is 2.07 bits per heavy atom. The summed E-state index contributed by atoms with van der Waals surface area (Å²) < 4.78 is 35.4. The number of allylic oxidation sites excluding steroid dienone is 2. The fourth-order valence-corrected chi connectivity index (χ4v) is 1.03. The summed E-state index contributed by atoms with van der Waals surface area (Å²) in [5.74, 6) is -2.95. The summed E-state index contributed by atoms with van der Waals surface area (Å²) in [5.41, 5.74) is 0. The normalized spacial score (nSPS) is 13.4. The van der Waals surface area contributed by atoms with Crippen LogP contribution in [0.15, 0.2) is 11.8 Å². The van der Waals surface area contributed by atoms with Crippen molar-refractivity contribution in [1.82, 2.24) is 0 Å². The van der Waals surface area contributed by atoms with E-state index in [-0.39, 0.29) is 6.08 Å². The first kappa shape index (κ1) is 13.0. The van der Waals surface area contributed by atoms with Gasteiger partial charge in [-0.05, 0) is 12.8 Å². The van der Waals surface area contributed by atoms with E-state index in [0.29, 0.717) is 12.8 Å². The van der Waals surface area contributed by atoms with E-state index in [4.69, 9.17) is 5.11 Å². The molecule has 82 valence electrons. The molecule has 0 unspecified atom stereocenters. The van der Waals surface area contributed by atoms with Crippen LogP contribution in [0.5, 0.6) is 0 Å². The summed E-state index contributed by atoms with van der Waals surface area (Å²) in [6.07, 6.45) is -3.63. The molecule has 0 rings (SSSR count). The first-order chi connectivity index (χ1) is 6.32. The van der Waals surface area contributed by atoms with Gasteiger partial charge in [-0.3, -0.25) is 4.79 Å². The predicted molar refractivity (Wildman–Crippen MR) is 45.8 cm³/mol. The number of alkyl halides is 3. The average Bonchev–Trinajstić information content (AvgIpc) is 2.04. The van der Waals surface area contributed by atoms with Gasteiger partial charge in [0.05, 0.1) is 0 Å². The van der Waals surface area contributed by atoms with E-state index in [2.05, 4.69) is 0 Å². The second-order valence-corrected chi connectivity index (χ2v) is 2.94. The van der Waals surface area contributed by atoms with Gasteiger partial charge < -0.3 is 5.11 Å². The largest absolute Gasteiger partial charge is 0.504 e. The maximum atomic E-state index is 11.8. The Labute approximate surface area is 80.4 Å². The zero-order valence-electron chi connectivity index (χ0n) is 8.06. The van der Waals surface area contributed by atoms with Gasteiger partial charge >= 0.3 is 6.18 Å². The third-order valence-corrected chi connectivity index (χ3v) is 1.96. The van der Waals surface area contributed by atoms with Crippen LogP contribution in [0.4, 0.5) is 13.2 Å². The Kier molecular flexibility index (Phi) is 4.67. The smallest absolute Gasteiger partial charge is 0.448 e. The summed E-state index contributed by atoms with van der Waals surface area (Å²) in [7, 11) is 0. The van der Waals surface area contributed by atoms with Crippen molar-refractivity contribution in [2.75, 3.05) is 0 Å². The van der Waals surface area contributed by atoms with E-state index in [9.17, 15) is 18.0 Å². The second kappa shape index (κ2) is 5.02. The lowest BCUT2D eigenvalue weighted by atomic mass is 9.98. The molecule has 0 fully saturated rings. The average molecular weight is 210 g/mol. The molecule has 1 N–H and O–H groups in total. The number of rotatable bonds is 4. The monoisotopic (exact) mass is 210 g/mol. The molecule has 0 amide bonds. The van der Waals surface area contributed by atoms with Crippen molar-refractivity contribution < 1.29 is 23.1 Å².